The molecule has 2 aromatic carbocycles. The van der Waals surface area contributed by atoms with Crippen LogP contribution in [0.5, 0.6) is 0 Å². The van der Waals surface area contributed by atoms with Crippen molar-refractivity contribution in [3.8, 4) is 0 Å². The normalized spacial score (nSPS) is 12.4. The molecule has 0 saturated carbocycles. The van der Waals surface area contributed by atoms with Crippen LogP contribution in [-0.2, 0) is 19.1 Å². The van der Waals surface area contributed by atoms with Gasteiger partial charge in [0, 0.05) is 5.69 Å². The molecule has 0 radical (unpaired) electrons. The molecule has 3 rings (SSSR count). The number of esters is 1. The molecule has 0 atom stereocenters. The van der Waals surface area contributed by atoms with Crippen molar-refractivity contribution in [2.24, 2.45) is 0 Å². The second-order valence-electron chi connectivity index (χ2n) is 5.77. The molecule has 0 unspecified atom stereocenters. The van der Waals surface area contributed by atoms with E-state index >= 15 is 0 Å². The number of ether oxygens (including phenoxy) is 1. The van der Waals surface area contributed by atoms with E-state index in [1.807, 2.05) is 5.32 Å². The Morgan fingerprint density at radius 3 is 2.36 bits per heavy atom. The predicted octanol–water partition coefficient (Wildman–Crippen LogP) is 1.11. The van der Waals surface area contributed by atoms with Crippen LogP contribution in [-0.4, -0.2) is 42.7 Å². The molecular weight excluding hydrogens is 366 g/mol. The number of fused-ring (bicyclic) bond motifs is 1. The SMILES string of the molecule is O=C(COC(=O)CN1C(=O)C(=O)c2ccccc21)NC(=O)Nc1ccccc1. The Morgan fingerprint density at radius 2 is 1.61 bits per heavy atom. The van der Waals surface area contributed by atoms with E-state index in [4.69, 9.17) is 4.74 Å². The topological polar surface area (TPSA) is 122 Å². The third-order valence-electron chi connectivity index (χ3n) is 3.81. The molecular formula is C19H15N3O6. The molecule has 28 heavy (non-hydrogen) atoms. The fourth-order valence-corrected chi connectivity index (χ4v) is 2.57. The Morgan fingerprint density at radius 1 is 0.929 bits per heavy atom. The van der Waals surface area contributed by atoms with Crippen LogP contribution in [0.1, 0.15) is 10.4 Å². The Kier molecular flexibility index (Phi) is 5.45. The summed E-state index contributed by atoms with van der Waals surface area (Å²) in [5.41, 5.74) is 0.998. The number of hydrogen-bond acceptors (Lipinski definition) is 6. The molecule has 2 aromatic rings. The summed E-state index contributed by atoms with van der Waals surface area (Å²) in [7, 11) is 0. The highest BCUT2D eigenvalue weighted by Crippen LogP contribution is 2.28. The number of ketones is 1. The Balaban J connectivity index is 1.48. The van der Waals surface area contributed by atoms with Gasteiger partial charge >= 0.3 is 12.0 Å². The van der Waals surface area contributed by atoms with Gasteiger partial charge in [0.1, 0.15) is 6.54 Å². The lowest BCUT2D eigenvalue weighted by Gasteiger charge is -2.15. The number of carbonyl (C=O) groups excluding carboxylic acids is 5. The van der Waals surface area contributed by atoms with Gasteiger partial charge in [0.05, 0.1) is 11.3 Å². The van der Waals surface area contributed by atoms with E-state index in [9.17, 15) is 24.0 Å². The van der Waals surface area contributed by atoms with Crippen molar-refractivity contribution in [1.82, 2.24) is 5.32 Å². The van der Waals surface area contributed by atoms with Crippen molar-refractivity contribution in [2.75, 3.05) is 23.4 Å². The number of anilines is 2. The van der Waals surface area contributed by atoms with E-state index in [0.717, 1.165) is 4.90 Å². The van der Waals surface area contributed by atoms with Crippen LogP contribution in [0.4, 0.5) is 16.2 Å². The van der Waals surface area contributed by atoms with Gasteiger partial charge in [-0.2, -0.15) is 0 Å². The third kappa shape index (κ3) is 4.21. The summed E-state index contributed by atoms with van der Waals surface area (Å²) in [6, 6.07) is 13.9. The summed E-state index contributed by atoms with van der Waals surface area (Å²) in [6.45, 7) is -1.23. The molecule has 142 valence electrons. The van der Waals surface area contributed by atoms with E-state index in [1.54, 1.807) is 42.5 Å². The molecule has 0 saturated heterocycles. The molecule has 0 aliphatic carbocycles. The van der Waals surface area contributed by atoms with Crippen LogP contribution >= 0.6 is 0 Å². The number of amides is 4. The monoisotopic (exact) mass is 381 g/mol. The zero-order chi connectivity index (χ0) is 20.1. The molecule has 1 aliphatic rings. The van der Waals surface area contributed by atoms with Crippen LogP contribution in [0.25, 0.3) is 0 Å². The van der Waals surface area contributed by atoms with E-state index in [-0.39, 0.29) is 5.56 Å². The maximum atomic E-state index is 12.0. The van der Waals surface area contributed by atoms with Gasteiger partial charge in [-0.15, -0.1) is 0 Å². The minimum absolute atomic E-state index is 0.204. The zero-order valence-corrected chi connectivity index (χ0v) is 14.5. The van der Waals surface area contributed by atoms with Gasteiger partial charge in [0.2, 0.25) is 0 Å². The molecule has 4 amide bonds. The van der Waals surface area contributed by atoms with Gasteiger partial charge < -0.3 is 10.1 Å². The van der Waals surface area contributed by atoms with Crippen LogP contribution in [0, 0.1) is 0 Å². The second kappa shape index (κ2) is 8.12. The quantitative estimate of drug-likeness (QED) is 0.591. The van der Waals surface area contributed by atoms with Crippen LogP contribution in [0.15, 0.2) is 54.6 Å². The van der Waals surface area contributed by atoms with Gasteiger partial charge in [-0.1, -0.05) is 30.3 Å². The number of carbonyl (C=O) groups is 5. The van der Waals surface area contributed by atoms with E-state index in [2.05, 4.69) is 5.32 Å². The molecule has 2 N–H and O–H groups in total. The first kappa shape index (κ1) is 18.8. The van der Waals surface area contributed by atoms with Crippen LogP contribution in [0.3, 0.4) is 0 Å². The van der Waals surface area contributed by atoms with Gasteiger partial charge in [0.25, 0.3) is 17.6 Å². The lowest BCUT2D eigenvalue weighted by atomic mass is 10.1. The van der Waals surface area contributed by atoms with Crippen molar-refractivity contribution in [2.45, 2.75) is 0 Å². The summed E-state index contributed by atoms with van der Waals surface area (Å²) < 4.78 is 4.78. The first-order valence-corrected chi connectivity index (χ1v) is 8.22. The van der Waals surface area contributed by atoms with Crippen molar-refractivity contribution in [3.63, 3.8) is 0 Å². The molecule has 0 fully saturated rings. The Labute approximate surface area is 159 Å². The van der Waals surface area contributed by atoms with Crippen molar-refractivity contribution < 1.29 is 28.7 Å². The number of hydrogen-bond donors (Lipinski definition) is 2. The van der Waals surface area contributed by atoms with E-state index in [1.165, 1.54) is 12.1 Å². The maximum Gasteiger partial charge on any atom is 0.326 e. The minimum Gasteiger partial charge on any atom is -0.454 e. The van der Waals surface area contributed by atoms with E-state index in [0.29, 0.717) is 11.4 Å². The highest BCUT2D eigenvalue weighted by Gasteiger charge is 2.36. The number of imide groups is 1. The lowest BCUT2D eigenvalue weighted by molar-refractivity contribution is -0.147. The number of Topliss-reactive ketones (excluding diaryl/α,β-unsaturated/α-hetero) is 1. The second-order valence-corrected chi connectivity index (χ2v) is 5.77. The molecule has 1 heterocycles. The van der Waals surface area contributed by atoms with Crippen molar-refractivity contribution in [1.29, 1.82) is 0 Å². The van der Waals surface area contributed by atoms with Crippen LogP contribution in [0.2, 0.25) is 0 Å². The number of rotatable bonds is 5. The Hall–Kier alpha value is -4.01. The first-order chi connectivity index (χ1) is 13.5. The van der Waals surface area contributed by atoms with Crippen molar-refractivity contribution >= 4 is 41.0 Å². The number of urea groups is 1. The fraction of sp³-hybridized carbons (Fsp3) is 0.105. The Bertz CT molecular complexity index is 957. The largest absolute Gasteiger partial charge is 0.454 e. The van der Waals surface area contributed by atoms with Crippen LogP contribution < -0.4 is 15.5 Å². The smallest absolute Gasteiger partial charge is 0.326 e. The number of nitrogens with zero attached hydrogens (tertiary/aromatic N) is 1. The fourth-order valence-electron chi connectivity index (χ4n) is 2.57. The minimum atomic E-state index is -0.892. The summed E-state index contributed by atoms with van der Waals surface area (Å²) in [5, 5.41) is 4.45. The van der Waals surface area contributed by atoms with Gasteiger partial charge in [-0.05, 0) is 24.3 Å². The van der Waals surface area contributed by atoms with Crippen molar-refractivity contribution in [3.05, 3.63) is 60.2 Å². The summed E-state index contributed by atoms with van der Waals surface area (Å²) >= 11 is 0. The standard InChI is InChI=1S/C19H15N3O6/c23-15(21-19(27)20-12-6-2-1-3-7-12)11-28-16(24)10-22-14-9-5-4-8-13(14)17(25)18(22)26/h1-9H,10-11H2,(H2,20,21,23,27). The first-order valence-electron chi connectivity index (χ1n) is 8.22. The zero-order valence-electron chi connectivity index (χ0n) is 14.5. The highest BCUT2D eigenvalue weighted by molar-refractivity contribution is 6.52. The summed E-state index contributed by atoms with van der Waals surface area (Å²) in [4.78, 5) is 60.2. The molecule has 0 bridgehead atoms. The van der Waals surface area contributed by atoms with Gasteiger partial charge in [0.15, 0.2) is 6.61 Å². The summed E-state index contributed by atoms with van der Waals surface area (Å²) in [6.07, 6.45) is 0. The molecule has 9 heteroatoms. The summed E-state index contributed by atoms with van der Waals surface area (Å²) in [5.74, 6) is -3.29. The maximum absolute atomic E-state index is 12.0. The average molecular weight is 381 g/mol. The van der Waals surface area contributed by atoms with E-state index < -0.39 is 42.7 Å². The molecule has 1 aliphatic heterocycles. The average Bonchev–Trinajstić information content (AvgIpc) is 2.92. The highest BCUT2D eigenvalue weighted by atomic mass is 16.5. The van der Waals surface area contributed by atoms with Gasteiger partial charge in [-0.25, -0.2) is 4.79 Å². The molecule has 0 spiro atoms. The number of benzene rings is 2. The predicted molar refractivity (Wildman–Crippen MR) is 97.7 cm³/mol. The lowest BCUT2D eigenvalue weighted by Crippen LogP contribution is -2.39. The molecule has 0 aromatic heterocycles. The molecule has 9 nitrogen and oxygen atoms in total. The third-order valence-corrected chi connectivity index (χ3v) is 3.81. The number of nitrogens with one attached hydrogen (secondary N) is 2. The van der Waals surface area contributed by atoms with Gasteiger partial charge in [-0.3, -0.25) is 29.4 Å². The number of para-hydroxylation sites is 2.